The fraction of sp³-hybridized carbons (Fsp3) is 0.111. The van der Waals surface area contributed by atoms with Crippen LogP contribution in [0, 0.1) is 11.3 Å². The number of benzene rings is 2. The quantitative estimate of drug-likeness (QED) is 0.740. The number of phenolic OH excluding ortho intramolecular Hbond substituents is 1. The molecule has 23 heavy (non-hydrogen) atoms. The van der Waals surface area contributed by atoms with Gasteiger partial charge in [-0.05, 0) is 36.2 Å². The number of pyridine rings is 1. The van der Waals surface area contributed by atoms with Crippen molar-refractivity contribution < 1.29 is 5.11 Å². The van der Waals surface area contributed by atoms with Gasteiger partial charge in [-0.15, -0.1) is 11.8 Å². The van der Waals surface area contributed by atoms with Crippen LogP contribution in [0.25, 0.3) is 10.9 Å². The second-order valence-electron chi connectivity index (χ2n) is 5.37. The number of thioether (sulfide) groups is 1. The lowest BCUT2D eigenvalue weighted by atomic mass is 10.0. The Labute approximate surface area is 137 Å². The van der Waals surface area contributed by atoms with Crippen LogP contribution in [-0.2, 0) is 6.42 Å². The van der Waals surface area contributed by atoms with Gasteiger partial charge < -0.3 is 10.4 Å². The zero-order chi connectivity index (χ0) is 15.8. The third-order valence-corrected chi connectivity index (χ3v) is 5.05. The van der Waals surface area contributed by atoms with Gasteiger partial charge in [0.1, 0.15) is 11.8 Å². The summed E-state index contributed by atoms with van der Waals surface area (Å²) < 4.78 is 0. The topological polar surface area (TPSA) is 68.9 Å². The molecule has 1 aromatic heterocycles. The van der Waals surface area contributed by atoms with E-state index in [1.807, 2.05) is 23.9 Å². The van der Waals surface area contributed by atoms with Crippen LogP contribution in [0.15, 0.2) is 47.5 Å². The second kappa shape index (κ2) is 5.49. The molecule has 1 aliphatic rings. The molecule has 0 aliphatic carbocycles. The van der Waals surface area contributed by atoms with Crippen molar-refractivity contribution in [2.75, 3.05) is 11.1 Å². The molecule has 0 unspecified atom stereocenters. The van der Waals surface area contributed by atoms with Gasteiger partial charge in [-0.1, -0.05) is 6.07 Å². The Hall–Kier alpha value is -2.71. The van der Waals surface area contributed by atoms with Crippen molar-refractivity contribution in [1.29, 1.82) is 5.26 Å². The molecule has 0 bridgehead atoms. The van der Waals surface area contributed by atoms with Gasteiger partial charge in [0.2, 0.25) is 0 Å². The third kappa shape index (κ3) is 2.37. The predicted molar refractivity (Wildman–Crippen MR) is 92.3 cm³/mol. The summed E-state index contributed by atoms with van der Waals surface area (Å²) in [4.78, 5) is 5.69. The van der Waals surface area contributed by atoms with Gasteiger partial charge in [-0.25, -0.2) is 0 Å². The molecule has 0 saturated heterocycles. The van der Waals surface area contributed by atoms with Gasteiger partial charge in [0.25, 0.3) is 0 Å². The lowest BCUT2D eigenvalue weighted by Gasteiger charge is -2.14. The Bertz CT molecular complexity index is 962. The van der Waals surface area contributed by atoms with Crippen molar-refractivity contribution >= 4 is 34.0 Å². The average molecular weight is 319 g/mol. The number of anilines is 2. The molecular formula is C18H13N3OS. The molecule has 4 rings (SSSR count). The van der Waals surface area contributed by atoms with E-state index in [1.54, 1.807) is 24.4 Å². The van der Waals surface area contributed by atoms with Gasteiger partial charge >= 0.3 is 0 Å². The van der Waals surface area contributed by atoms with Crippen LogP contribution in [0.4, 0.5) is 11.4 Å². The lowest BCUT2D eigenvalue weighted by Crippen LogP contribution is -1.99. The maximum atomic E-state index is 9.67. The first-order valence-corrected chi connectivity index (χ1v) is 8.28. The number of rotatable bonds is 2. The Morgan fingerprint density at radius 3 is 3.00 bits per heavy atom. The molecule has 0 atom stereocenters. The van der Waals surface area contributed by atoms with E-state index in [0.29, 0.717) is 5.56 Å². The van der Waals surface area contributed by atoms with Gasteiger partial charge in [-0.2, -0.15) is 5.26 Å². The Balaban J connectivity index is 1.96. The summed E-state index contributed by atoms with van der Waals surface area (Å²) in [5.41, 5.74) is 4.15. The van der Waals surface area contributed by atoms with Gasteiger partial charge in [-0.3, -0.25) is 4.98 Å². The van der Waals surface area contributed by atoms with Gasteiger partial charge in [0.15, 0.2) is 0 Å². The van der Waals surface area contributed by atoms with Gasteiger partial charge in [0.05, 0.1) is 16.8 Å². The number of hydrogen-bond donors (Lipinski definition) is 2. The predicted octanol–water partition coefficient (Wildman–Crippen LogP) is 4.20. The largest absolute Gasteiger partial charge is 0.508 e. The molecular weight excluding hydrogens is 306 g/mol. The number of phenols is 1. The SMILES string of the molecule is N#Cc1cnc2ccc3c(c2c1Nc1cccc(O)c1)CCS3. The maximum Gasteiger partial charge on any atom is 0.117 e. The maximum absolute atomic E-state index is 9.67. The zero-order valence-electron chi connectivity index (χ0n) is 12.2. The van der Waals surface area contributed by atoms with E-state index in [2.05, 4.69) is 22.4 Å². The van der Waals surface area contributed by atoms with E-state index in [1.165, 1.54) is 10.5 Å². The Morgan fingerprint density at radius 2 is 2.17 bits per heavy atom. The summed E-state index contributed by atoms with van der Waals surface area (Å²) in [6.07, 6.45) is 2.57. The molecule has 112 valence electrons. The molecule has 4 nitrogen and oxygen atoms in total. The van der Waals surface area contributed by atoms with Crippen LogP contribution < -0.4 is 5.32 Å². The summed E-state index contributed by atoms with van der Waals surface area (Å²) in [7, 11) is 0. The molecule has 0 spiro atoms. The van der Waals surface area contributed by atoms with E-state index in [4.69, 9.17) is 0 Å². The highest BCUT2D eigenvalue weighted by atomic mass is 32.2. The molecule has 0 radical (unpaired) electrons. The third-order valence-electron chi connectivity index (χ3n) is 3.95. The summed E-state index contributed by atoms with van der Waals surface area (Å²) in [6, 6.07) is 13.2. The number of nitrogens with one attached hydrogen (secondary N) is 1. The van der Waals surface area contributed by atoms with Crippen molar-refractivity contribution in [3.63, 3.8) is 0 Å². The van der Waals surface area contributed by atoms with Crippen LogP contribution in [0.5, 0.6) is 5.75 Å². The number of nitrogens with zero attached hydrogens (tertiary/aromatic N) is 2. The molecule has 2 heterocycles. The van der Waals surface area contributed by atoms with E-state index in [-0.39, 0.29) is 5.75 Å². The summed E-state index contributed by atoms with van der Waals surface area (Å²) in [6.45, 7) is 0. The normalized spacial score (nSPS) is 12.8. The van der Waals surface area contributed by atoms with Crippen LogP contribution in [0.2, 0.25) is 0 Å². The molecule has 0 saturated carbocycles. The van der Waals surface area contributed by atoms with Crippen molar-refractivity contribution in [3.8, 4) is 11.8 Å². The minimum Gasteiger partial charge on any atom is -0.508 e. The minimum absolute atomic E-state index is 0.188. The highest BCUT2D eigenvalue weighted by molar-refractivity contribution is 7.99. The lowest BCUT2D eigenvalue weighted by molar-refractivity contribution is 0.475. The molecule has 1 aliphatic heterocycles. The average Bonchev–Trinajstić information content (AvgIpc) is 3.03. The Kier molecular flexibility index (Phi) is 3.32. The van der Waals surface area contributed by atoms with Crippen LogP contribution in [-0.4, -0.2) is 15.8 Å². The number of nitriles is 1. The first-order valence-electron chi connectivity index (χ1n) is 7.30. The fourth-order valence-corrected chi connectivity index (χ4v) is 3.99. The van der Waals surface area contributed by atoms with Crippen molar-refractivity contribution in [1.82, 2.24) is 4.98 Å². The van der Waals surface area contributed by atoms with Crippen molar-refractivity contribution in [2.24, 2.45) is 0 Å². The fourth-order valence-electron chi connectivity index (χ4n) is 2.93. The number of aryl methyl sites for hydroxylation is 1. The minimum atomic E-state index is 0.188. The Morgan fingerprint density at radius 1 is 1.26 bits per heavy atom. The first kappa shape index (κ1) is 13.9. The molecule has 5 heteroatoms. The monoisotopic (exact) mass is 319 g/mol. The van der Waals surface area contributed by atoms with Crippen LogP contribution in [0.1, 0.15) is 11.1 Å². The standard InChI is InChI=1S/C18H13N3OS/c19-9-11-10-20-15-4-5-16-14(6-7-23-16)17(15)18(11)21-12-2-1-3-13(22)8-12/h1-5,8,10,22H,6-7H2,(H,20,21). The van der Waals surface area contributed by atoms with Crippen molar-refractivity contribution in [2.45, 2.75) is 11.3 Å². The summed E-state index contributed by atoms with van der Waals surface area (Å²) in [5.74, 6) is 1.24. The first-order chi connectivity index (χ1) is 11.3. The van der Waals surface area contributed by atoms with Gasteiger partial charge in [0, 0.05) is 34.0 Å². The molecule has 0 amide bonds. The zero-order valence-corrected chi connectivity index (χ0v) is 13.0. The second-order valence-corrected chi connectivity index (χ2v) is 6.51. The van der Waals surface area contributed by atoms with E-state index < -0.39 is 0 Å². The smallest absolute Gasteiger partial charge is 0.117 e. The van der Waals surface area contributed by atoms with E-state index in [0.717, 1.165) is 34.5 Å². The summed E-state index contributed by atoms with van der Waals surface area (Å²) in [5, 5.41) is 23.5. The van der Waals surface area contributed by atoms with E-state index in [9.17, 15) is 10.4 Å². The number of fused-ring (bicyclic) bond motifs is 3. The highest BCUT2D eigenvalue weighted by Gasteiger charge is 2.19. The van der Waals surface area contributed by atoms with Crippen LogP contribution in [0.3, 0.4) is 0 Å². The molecule has 3 aromatic rings. The molecule has 0 fully saturated rings. The van der Waals surface area contributed by atoms with Crippen LogP contribution >= 0.6 is 11.8 Å². The molecule has 2 N–H and O–H groups in total. The number of aromatic nitrogens is 1. The number of aromatic hydroxyl groups is 1. The highest BCUT2D eigenvalue weighted by Crippen LogP contribution is 2.40. The van der Waals surface area contributed by atoms with E-state index >= 15 is 0 Å². The molecule has 2 aromatic carbocycles. The summed E-state index contributed by atoms with van der Waals surface area (Å²) >= 11 is 1.84. The van der Waals surface area contributed by atoms with Crippen molar-refractivity contribution in [3.05, 3.63) is 53.7 Å². The number of hydrogen-bond acceptors (Lipinski definition) is 5.